The maximum atomic E-state index is 11.4. The number of aliphatic hydroxyl groups excluding tert-OH is 1. The molecule has 3 aromatic rings. The number of pyridine rings is 1. The Labute approximate surface area is 144 Å². The molecule has 3 rings (SSSR count). The highest BCUT2D eigenvalue weighted by Gasteiger charge is 2.11. The molecule has 8 heteroatoms. The second-order valence-corrected chi connectivity index (χ2v) is 5.46. The monoisotopic (exact) mass is 339 g/mol. The van der Waals surface area contributed by atoms with Crippen LogP contribution in [0.3, 0.4) is 0 Å². The van der Waals surface area contributed by atoms with Crippen molar-refractivity contribution in [3.05, 3.63) is 54.4 Å². The van der Waals surface area contributed by atoms with Gasteiger partial charge in [-0.1, -0.05) is 12.1 Å². The Hall–Kier alpha value is -3.13. The van der Waals surface area contributed by atoms with E-state index in [-0.39, 0.29) is 18.9 Å². The number of tetrazole rings is 1. The van der Waals surface area contributed by atoms with Crippen molar-refractivity contribution in [2.45, 2.75) is 19.6 Å². The molecule has 0 aliphatic rings. The first-order valence-corrected chi connectivity index (χ1v) is 7.72. The van der Waals surface area contributed by atoms with Crippen molar-refractivity contribution in [3.63, 3.8) is 0 Å². The van der Waals surface area contributed by atoms with Crippen LogP contribution in [0.15, 0.2) is 48.8 Å². The average Bonchev–Trinajstić information content (AvgIpc) is 3.09. The van der Waals surface area contributed by atoms with Crippen LogP contribution in [-0.2, 0) is 6.54 Å². The number of ether oxygens (including phenoxy) is 1. The van der Waals surface area contributed by atoms with E-state index in [1.807, 2.05) is 6.07 Å². The average molecular weight is 339 g/mol. The van der Waals surface area contributed by atoms with Crippen LogP contribution >= 0.6 is 0 Å². The molecular weight excluding hydrogens is 322 g/mol. The summed E-state index contributed by atoms with van der Waals surface area (Å²) in [6, 6.07) is 10.4. The van der Waals surface area contributed by atoms with Gasteiger partial charge in [0.1, 0.15) is 18.5 Å². The number of carbonyl (C=O) groups is 1. The zero-order chi connectivity index (χ0) is 17.6. The Balaban J connectivity index is 1.56. The summed E-state index contributed by atoms with van der Waals surface area (Å²) in [5.74, 6) is 0.922. The van der Waals surface area contributed by atoms with Crippen molar-refractivity contribution in [2.75, 3.05) is 6.61 Å². The maximum absolute atomic E-state index is 11.4. The lowest BCUT2D eigenvalue weighted by molar-refractivity contribution is 0.0849. The van der Waals surface area contributed by atoms with E-state index in [1.165, 1.54) is 11.7 Å². The third-order valence-electron chi connectivity index (χ3n) is 3.43. The van der Waals surface area contributed by atoms with E-state index < -0.39 is 6.10 Å². The smallest absolute Gasteiger partial charge is 0.206 e. The number of hydrogen-bond acceptors (Lipinski definition) is 7. The summed E-state index contributed by atoms with van der Waals surface area (Å²) in [4.78, 5) is 16.7. The molecule has 0 aliphatic carbocycles. The molecule has 1 aromatic carbocycles. The molecule has 0 saturated carbocycles. The molecule has 0 bridgehead atoms. The molecule has 0 spiro atoms. The van der Waals surface area contributed by atoms with Crippen LogP contribution in [0.1, 0.15) is 17.3 Å². The van der Waals surface area contributed by atoms with Crippen LogP contribution in [0.2, 0.25) is 0 Å². The fourth-order valence-corrected chi connectivity index (χ4v) is 2.17. The van der Waals surface area contributed by atoms with E-state index in [2.05, 4.69) is 20.4 Å². The normalized spacial score (nSPS) is 11.9. The topological polar surface area (TPSA) is 103 Å². The van der Waals surface area contributed by atoms with Crippen molar-refractivity contribution >= 4 is 5.78 Å². The van der Waals surface area contributed by atoms with Gasteiger partial charge in [0, 0.05) is 23.5 Å². The number of nitrogens with zero attached hydrogens (tertiary/aromatic N) is 5. The van der Waals surface area contributed by atoms with E-state index in [1.54, 1.807) is 42.7 Å². The summed E-state index contributed by atoms with van der Waals surface area (Å²) in [5.41, 5.74) is 1.31. The maximum Gasteiger partial charge on any atom is 0.206 e. The first-order valence-electron chi connectivity index (χ1n) is 7.72. The minimum Gasteiger partial charge on any atom is -0.491 e. The molecule has 0 fully saturated rings. The molecular formula is C17H17N5O3. The minimum atomic E-state index is -0.822. The molecule has 2 heterocycles. The third kappa shape index (κ3) is 4.45. The lowest BCUT2D eigenvalue weighted by atomic mass is 10.1. The lowest BCUT2D eigenvalue weighted by Crippen LogP contribution is -2.25. The summed E-state index contributed by atoms with van der Waals surface area (Å²) in [6.45, 7) is 1.68. The highest BCUT2D eigenvalue weighted by Crippen LogP contribution is 2.14. The Bertz CT molecular complexity index is 850. The SMILES string of the molecule is CC(=O)c1cccc(OC[C@H](O)Cn2nnc(-c3cccnc3)n2)c1. The number of rotatable bonds is 7. The molecule has 0 radical (unpaired) electrons. The van der Waals surface area contributed by atoms with E-state index in [9.17, 15) is 9.90 Å². The fourth-order valence-electron chi connectivity index (χ4n) is 2.17. The molecule has 0 saturated heterocycles. The number of aliphatic hydroxyl groups is 1. The second-order valence-electron chi connectivity index (χ2n) is 5.46. The molecule has 25 heavy (non-hydrogen) atoms. The highest BCUT2D eigenvalue weighted by molar-refractivity contribution is 5.94. The van der Waals surface area contributed by atoms with Gasteiger partial charge in [0.2, 0.25) is 5.82 Å². The summed E-state index contributed by atoms with van der Waals surface area (Å²) < 4.78 is 5.52. The van der Waals surface area contributed by atoms with Gasteiger partial charge in [0.05, 0.1) is 6.54 Å². The Morgan fingerprint density at radius 1 is 1.32 bits per heavy atom. The predicted molar refractivity (Wildman–Crippen MR) is 89.0 cm³/mol. The number of ketones is 1. The summed E-state index contributed by atoms with van der Waals surface area (Å²) in [5, 5.41) is 22.1. The molecule has 1 atom stereocenters. The molecule has 2 aromatic heterocycles. The molecule has 8 nitrogen and oxygen atoms in total. The van der Waals surface area contributed by atoms with Gasteiger partial charge in [-0.05, 0) is 36.4 Å². The van der Waals surface area contributed by atoms with Crippen molar-refractivity contribution in [3.8, 4) is 17.1 Å². The van der Waals surface area contributed by atoms with Gasteiger partial charge in [0.25, 0.3) is 0 Å². The quantitative estimate of drug-likeness (QED) is 0.649. The number of benzene rings is 1. The van der Waals surface area contributed by atoms with E-state index in [0.717, 1.165) is 5.56 Å². The minimum absolute atomic E-state index is 0.0410. The van der Waals surface area contributed by atoms with Gasteiger partial charge in [-0.3, -0.25) is 9.78 Å². The van der Waals surface area contributed by atoms with E-state index in [4.69, 9.17) is 4.74 Å². The van der Waals surface area contributed by atoms with Crippen LogP contribution in [0.4, 0.5) is 0 Å². The van der Waals surface area contributed by atoms with Crippen molar-refractivity contribution in [2.24, 2.45) is 0 Å². The molecule has 128 valence electrons. The Kier molecular flexibility index (Phi) is 5.10. The number of carbonyl (C=O) groups excluding carboxylic acids is 1. The van der Waals surface area contributed by atoms with E-state index >= 15 is 0 Å². The zero-order valence-electron chi connectivity index (χ0n) is 13.6. The number of hydrogen-bond donors (Lipinski definition) is 1. The Morgan fingerprint density at radius 2 is 2.20 bits per heavy atom. The van der Waals surface area contributed by atoms with Crippen molar-refractivity contribution in [1.29, 1.82) is 0 Å². The summed E-state index contributed by atoms with van der Waals surface area (Å²) in [7, 11) is 0. The van der Waals surface area contributed by atoms with Crippen LogP contribution < -0.4 is 4.74 Å². The standard InChI is InChI=1S/C17H17N5O3/c1-12(23)13-4-2-6-16(8-13)25-11-15(24)10-22-20-17(19-21-22)14-5-3-7-18-9-14/h2-9,15,24H,10-11H2,1H3/t15-/m1/s1. The largest absolute Gasteiger partial charge is 0.491 e. The van der Waals surface area contributed by atoms with Gasteiger partial charge in [0.15, 0.2) is 5.78 Å². The summed E-state index contributed by atoms with van der Waals surface area (Å²) in [6.07, 6.45) is 2.48. The first kappa shape index (κ1) is 16.7. The predicted octanol–water partition coefficient (Wildman–Crippen LogP) is 1.38. The van der Waals surface area contributed by atoms with Gasteiger partial charge >= 0.3 is 0 Å². The van der Waals surface area contributed by atoms with Crippen LogP contribution in [0.25, 0.3) is 11.4 Å². The summed E-state index contributed by atoms with van der Waals surface area (Å²) >= 11 is 0. The van der Waals surface area contributed by atoms with Crippen LogP contribution in [0, 0.1) is 0 Å². The van der Waals surface area contributed by atoms with Gasteiger partial charge in [-0.2, -0.15) is 4.80 Å². The van der Waals surface area contributed by atoms with Crippen molar-refractivity contribution in [1.82, 2.24) is 25.2 Å². The lowest BCUT2D eigenvalue weighted by Gasteiger charge is -2.11. The van der Waals surface area contributed by atoms with Gasteiger partial charge < -0.3 is 9.84 Å². The number of Topliss-reactive ketones (excluding diaryl/α,β-unsaturated/α-hetero) is 1. The Morgan fingerprint density at radius 3 is 2.96 bits per heavy atom. The fraction of sp³-hybridized carbons (Fsp3) is 0.235. The first-order chi connectivity index (χ1) is 12.1. The second kappa shape index (κ2) is 7.63. The zero-order valence-corrected chi connectivity index (χ0v) is 13.6. The van der Waals surface area contributed by atoms with Crippen molar-refractivity contribution < 1.29 is 14.6 Å². The molecule has 0 aliphatic heterocycles. The number of aromatic nitrogens is 5. The van der Waals surface area contributed by atoms with Crippen LogP contribution in [0.5, 0.6) is 5.75 Å². The van der Waals surface area contributed by atoms with Gasteiger partial charge in [-0.25, -0.2) is 0 Å². The highest BCUT2D eigenvalue weighted by atomic mass is 16.5. The van der Waals surface area contributed by atoms with Crippen LogP contribution in [-0.4, -0.2) is 48.8 Å². The molecule has 0 amide bonds. The molecule has 1 N–H and O–H groups in total. The molecule has 0 unspecified atom stereocenters. The van der Waals surface area contributed by atoms with E-state index in [0.29, 0.717) is 17.1 Å². The third-order valence-corrected chi connectivity index (χ3v) is 3.43. The van der Waals surface area contributed by atoms with Gasteiger partial charge in [-0.15, -0.1) is 10.2 Å².